The molecular formula is C20H23N3O5S. The van der Waals surface area contributed by atoms with E-state index >= 15 is 0 Å². The Labute approximate surface area is 170 Å². The Morgan fingerprint density at radius 3 is 2.38 bits per heavy atom. The topological polar surface area (TPSA) is 94.8 Å². The summed E-state index contributed by atoms with van der Waals surface area (Å²) in [6.07, 6.45) is 0. The van der Waals surface area contributed by atoms with Crippen molar-refractivity contribution in [1.82, 2.24) is 14.4 Å². The normalized spacial score (nSPS) is 11.6. The summed E-state index contributed by atoms with van der Waals surface area (Å²) in [4.78, 5) is 4.30. The maximum atomic E-state index is 12.6. The van der Waals surface area contributed by atoms with Crippen LogP contribution in [0.2, 0.25) is 0 Å². The predicted molar refractivity (Wildman–Crippen MR) is 108 cm³/mol. The first-order chi connectivity index (χ1) is 13.8. The molecule has 0 aliphatic heterocycles. The number of benzene rings is 2. The Kier molecular flexibility index (Phi) is 6.19. The highest BCUT2D eigenvalue weighted by Crippen LogP contribution is 2.31. The molecule has 29 heavy (non-hydrogen) atoms. The highest BCUT2D eigenvalue weighted by Gasteiger charge is 2.22. The Morgan fingerprint density at radius 2 is 1.72 bits per heavy atom. The van der Waals surface area contributed by atoms with Crippen LogP contribution in [0.1, 0.15) is 17.0 Å². The van der Waals surface area contributed by atoms with E-state index in [-0.39, 0.29) is 18.2 Å². The lowest BCUT2D eigenvalue weighted by Crippen LogP contribution is -2.27. The zero-order chi connectivity index (χ0) is 21.0. The van der Waals surface area contributed by atoms with E-state index < -0.39 is 10.0 Å². The van der Waals surface area contributed by atoms with Gasteiger partial charge in [-0.05, 0) is 30.7 Å². The van der Waals surface area contributed by atoms with Gasteiger partial charge in [0.25, 0.3) is 0 Å². The number of nitrogens with zero attached hydrogens (tertiary/aromatic N) is 3. The summed E-state index contributed by atoms with van der Waals surface area (Å²) in [5.74, 6) is 1.56. The van der Waals surface area contributed by atoms with Gasteiger partial charge in [-0.3, -0.25) is 0 Å². The smallest absolute Gasteiger partial charge is 0.242 e. The summed E-state index contributed by atoms with van der Waals surface area (Å²) in [5.41, 5.74) is 2.47. The van der Waals surface area contributed by atoms with Crippen LogP contribution in [0, 0.1) is 6.92 Å². The monoisotopic (exact) mass is 417 g/mol. The molecule has 3 aromatic rings. The fourth-order valence-corrected chi connectivity index (χ4v) is 3.85. The molecule has 0 unspecified atom stereocenters. The van der Waals surface area contributed by atoms with Crippen LogP contribution < -0.4 is 9.47 Å². The molecular weight excluding hydrogens is 394 g/mol. The summed E-state index contributed by atoms with van der Waals surface area (Å²) in [7, 11) is 1.05. The van der Waals surface area contributed by atoms with Gasteiger partial charge in [-0.25, -0.2) is 8.42 Å². The van der Waals surface area contributed by atoms with Gasteiger partial charge < -0.3 is 14.0 Å². The summed E-state index contributed by atoms with van der Waals surface area (Å²) in [5, 5.41) is 3.94. The molecule has 154 valence electrons. The average molecular weight is 417 g/mol. The molecule has 0 aliphatic rings. The number of ether oxygens (including phenoxy) is 2. The van der Waals surface area contributed by atoms with Crippen molar-refractivity contribution in [1.29, 1.82) is 0 Å². The number of hydrogen-bond acceptors (Lipinski definition) is 7. The third-order valence-corrected chi connectivity index (χ3v) is 6.19. The molecule has 0 radical (unpaired) electrons. The quantitative estimate of drug-likeness (QED) is 0.556. The maximum absolute atomic E-state index is 12.6. The van der Waals surface area contributed by atoms with E-state index in [2.05, 4.69) is 10.1 Å². The Bertz CT molecular complexity index is 1080. The molecule has 0 saturated heterocycles. The molecule has 1 heterocycles. The summed E-state index contributed by atoms with van der Waals surface area (Å²) in [6.45, 7) is 1.93. The number of sulfonamides is 1. The minimum atomic E-state index is -3.53. The molecule has 1 aromatic heterocycles. The highest BCUT2D eigenvalue weighted by molar-refractivity contribution is 7.88. The van der Waals surface area contributed by atoms with Gasteiger partial charge >= 0.3 is 0 Å². The Hall–Kier alpha value is -2.91. The molecule has 2 aromatic carbocycles. The molecule has 0 saturated carbocycles. The molecule has 8 nitrogen and oxygen atoms in total. The van der Waals surface area contributed by atoms with E-state index in [0.29, 0.717) is 22.9 Å². The SMILES string of the molecule is COc1ccc(-c2noc(CN(C)S(=O)(=O)Cc3ccc(C)cc3)n2)cc1OC. The third-order valence-electron chi connectivity index (χ3n) is 4.41. The maximum Gasteiger partial charge on any atom is 0.242 e. The van der Waals surface area contributed by atoms with Crippen molar-refractivity contribution in [3.05, 3.63) is 59.5 Å². The largest absolute Gasteiger partial charge is 0.493 e. The predicted octanol–water partition coefficient (Wildman–Crippen LogP) is 3.02. The molecule has 9 heteroatoms. The lowest BCUT2D eigenvalue weighted by atomic mass is 10.2. The van der Waals surface area contributed by atoms with Gasteiger partial charge in [0.05, 0.1) is 26.5 Å². The van der Waals surface area contributed by atoms with Crippen molar-refractivity contribution in [3.63, 3.8) is 0 Å². The van der Waals surface area contributed by atoms with E-state index in [1.807, 2.05) is 31.2 Å². The van der Waals surface area contributed by atoms with E-state index in [9.17, 15) is 8.42 Å². The average Bonchev–Trinajstić information content (AvgIpc) is 3.17. The second kappa shape index (κ2) is 8.62. The van der Waals surface area contributed by atoms with Gasteiger partial charge in [0.2, 0.25) is 21.7 Å². The van der Waals surface area contributed by atoms with Crippen molar-refractivity contribution in [2.45, 2.75) is 19.2 Å². The lowest BCUT2D eigenvalue weighted by molar-refractivity contribution is 0.336. The highest BCUT2D eigenvalue weighted by atomic mass is 32.2. The zero-order valence-corrected chi connectivity index (χ0v) is 17.6. The standard InChI is InChI=1S/C20H23N3O5S/c1-14-5-7-15(8-6-14)13-29(24,25)23(2)12-19-21-20(22-28-19)16-9-10-17(26-3)18(11-16)27-4/h5-11H,12-13H2,1-4H3. The van der Waals surface area contributed by atoms with E-state index in [4.69, 9.17) is 14.0 Å². The van der Waals surface area contributed by atoms with Gasteiger partial charge in [0, 0.05) is 12.6 Å². The van der Waals surface area contributed by atoms with Crippen molar-refractivity contribution in [3.8, 4) is 22.9 Å². The van der Waals surface area contributed by atoms with Crippen LogP contribution in [0.5, 0.6) is 11.5 Å². The zero-order valence-electron chi connectivity index (χ0n) is 16.7. The summed E-state index contributed by atoms with van der Waals surface area (Å²) in [6, 6.07) is 12.6. The molecule has 0 N–H and O–H groups in total. The van der Waals surface area contributed by atoms with Crippen LogP contribution in [-0.4, -0.2) is 44.1 Å². The van der Waals surface area contributed by atoms with Gasteiger partial charge in [0.1, 0.15) is 0 Å². The van der Waals surface area contributed by atoms with E-state index in [0.717, 1.165) is 11.1 Å². The lowest BCUT2D eigenvalue weighted by Gasteiger charge is -2.15. The summed E-state index contributed by atoms with van der Waals surface area (Å²) >= 11 is 0. The molecule has 0 fully saturated rings. The first-order valence-electron chi connectivity index (χ1n) is 8.87. The third kappa shape index (κ3) is 4.93. The van der Waals surface area contributed by atoms with Crippen LogP contribution >= 0.6 is 0 Å². The Morgan fingerprint density at radius 1 is 1.03 bits per heavy atom. The van der Waals surface area contributed by atoms with Crippen LogP contribution in [0.15, 0.2) is 47.0 Å². The number of aryl methyl sites for hydroxylation is 1. The minimum absolute atomic E-state index is 0.0194. The second-order valence-corrected chi connectivity index (χ2v) is 8.66. The van der Waals surface area contributed by atoms with Gasteiger partial charge in [-0.1, -0.05) is 35.0 Å². The van der Waals surface area contributed by atoms with Crippen molar-refractivity contribution >= 4 is 10.0 Å². The number of aromatic nitrogens is 2. The first-order valence-corrected chi connectivity index (χ1v) is 10.5. The minimum Gasteiger partial charge on any atom is -0.493 e. The molecule has 3 rings (SSSR count). The molecule has 0 aliphatic carbocycles. The molecule has 0 atom stereocenters. The fraction of sp³-hybridized carbons (Fsp3) is 0.300. The van der Waals surface area contributed by atoms with Crippen molar-refractivity contribution in [2.75, 3.05) is 21.3 Å². The molecule has 0 spiro atoms. The van der Waals surface area contributed by atoms with Gasteiger partial charge in [0.15, 0.2) is 11.5 Å². The van der Waals surface area contributed by atoms with Crippen LogP contribution in [0.3, 0.4) is 0 Å². The number of hydrogen-bond donors (Lipinski definition) is 0. The molecule has 0 amide bonds. The molecule has 0 bridgehead atoms. The number of rotatable bonds is 8. The number of methoxy groups -OCH3 is 2. The first kappa shape index (κ1) is 20.8. The van der Waals surface area contributed by atoms with Crippen LogP contribution in [0.25, 0.3) is 11.4 Å². The van der Waals surface area contributed by atoms with Gasteiger partial charge in [-0.2, -0.15) is 9.29 Å². The fourth-order valence-electron chi connectivity index (χ4n) is 2.71. The van der Waals surface area contributed by atoms with Crippen molar-refractivity contribution < 1.29 is 22.4 Å². The van der Waals surface area contributed by atoms with Crippen LogP contribution in [-0.2, 0) is 22.3 Å². The second-order valence-electron chi connectivity index (χ2n) is 6.58. The van der Waals surface area contributed by atoms with E-state index in [1.54, 1.807) is 25.3 Å². The Balaban J connectivity index is 1.73. The van der Waals surface area contributed by atoms with Gasteiger partial charge in [-0.15, -0.1) is 0 Å². The van der Waals surface area contributed by atoms with Crippen molar-refractivity contribution in [2.24, 2.45) is 0 Å². The summed E-state index contributed by atoms with van der Waals surface area (Å²) < 4.78 is 42.2. The van der Waals surface area contributed by atoms with Crippen LogP contribution in [0.4, 0.5) is 0 Å². The van der Waals surface area contributed by atoms with E-state index in [1.165, 1.54) is 18.5 Å².